The highest BCUT2D eigenvalue weighted by Gasteiger charge is 2.43. The van der Waals surface area contributed by atoms with E-state index in [1.165, 1.54) is 32.1 Å². The van der Waals surface area contributed by atoms with Crippen molar-refractivity contribution in [3.05, 3.63) is 0 Å². The van der Waals surface area contributed by atoms with Crippen LogP contribution in [-0.4, -0.2) is 62.1 Å². The quantitative estimate of drug-likeness (QED) is 0.786. The van der Waals surface area contributed by atoms with Crippen LogP contribution in [0.25, 0.3) is 0 Å². The van der Waals surface area contributed by atoms with Gasteiger partial charge in [0.2, 0.25) is 5.91 Å². The molecule has 1 spiro atoms. The van der Waals surface area contributed by atoms with Crippen molar-refractivity contribution in [2.24, 2.45) is 11.3 Å². The molecule has 2 heterocycles. The minimum atomic E-state index is 0.239. The highest BCUT2D eigenvalue weighted by molar-refractivity contribution is 5.79. The average Bonchev–Trinajstić information content (AvgIpc) is 3.18. The summed E-state index contributed by atoms with van der Waals surface area (Å²) < 4.78 is 5.13. The van der Waals surface area contributed by atoms with Gasteiger partial charge in [0.25, 0.3) is 0 Å². The molecule has 4 nitrogen and oxygen atoms in total. The molecule has 2 aliphatic heterocycles. The molecule has 1 amide bonds. The van der Waals surface area contributed by atoms with Gasteiger partial charge in [-0.2, -0.15) is 0 Å². The van der Waals surface area contributed by atoms with E-state index in [1.807, 2.05) is 0 Å². The van der Waals surface area contributed by atoms with Crippen LogP contribution in [0.4, 0.5) is 0 Å². The van der Waals surface area contributed by atoms with Crippen LogP contribution in [0, 0.1) is 11.3 Å². The van der Waals surface area contributed by atoms with Crippen molar-refractivity contribution < 1.29 is 9.53 Å². The normalized spacial score (nSPS) is 29.6. The molecular formula is C16H28N2O2. The first-order valence-corrected chi connectivity index (χ1v) is 8.23. The van der Waals surface area contributed by atoms with Crippen LogP contribution in [0.5, 0.6) is 0 Å². The summed E-state index contributed by atoms with van der Waals surface area (Å²) in [7, 11) is 1.74. The van der Waals surface area contributed by atoms with Gasteiger partial charge in [-0.05, 0) is 37.6 Å². The van der Waals surface area contributed by atoms with Gasteiger partial charge in [0.1, 0.15) is 0 Å². The Kier molecular flexibility index (Phi) is 4.32. The summed E-state index contributed by atoms with van der Waals surface area (Å²) in [6.45, 7) is 5.77. The number of ether oxygens (including phenoxy) is 1. The Morgan fingerprint density at radius 2 is 2.05 bits per heavy atom. The van der Waals surface area contributed by atoms with Crippen LogP contribution < -0.4 is 0 Å². The average molecular weight is 280 g/mol. The van der Waals surface area contributed by atoms with E-state index >= 15 is 0 Å². The van der Waals surface area contributed by atoms with E-state index in [9.17, 15) is 4.79 Å². The number of nitrogens with zero attached hydrogens (tertiary/aromatic N) is 2. The van der Waals surface area contributed by atoms with E-state index in [0.717, 1.165) is 45.8 Å². The lowest BCUT2D eigenvalue weighted by Gasteiger charge is -2.25. The first kappa shape index (κ1) is 14.3. The van der Waals surface area contributed by atoms with Crippen molar-refractivity contribution in [3.8, 4) is 0 Å². The van der Waals surface area contributed by atoms with Gasteiger partial charge in [0.15, 0.2) is 0 Å². The Morgan fingerprint density at radius 3 is 2.80 bits per heavy atom. The number of hydrogen-bond acceptors (Lipinski definition) is 3. The molecule has 0 bridgehead atoms. The number of carbonyl (C=O) groups excluding carboxylic acids is 1. The first-order valence-electron chi connectivity index (χ1n) is 8.23. The van der Waals surface area contributed by atoms with E-state index in [4.69, 9.17) is 4.74 Å². The van der Waals surface area contributed by atoms with Crippen molar-refractivity contribution in [1.82, 2.24) is 9.80 Å². The second kappa shape index (κ2) is 6.02. The Morgan fingerprint density at radius 1 is 1.25 bits per heavy atom. The minimum Gasteiger partial charge on any atom is -0.383 e. The fraction of sp³-hybridized carbons (Fsp3) is 0.938. The lowest BCUT2D eigenvalue weighted by molar-refractivity contribution is -0.134. The topological polar surface area (TPSA) is 32.8 Å². The summed E-state index contributed by atoms with van der Waals surface area (Å²) in [6.07, 6.45) is 7.72. The third kappa shape index (κ3) is 2.86. The molecular weight excluding hydrogens is 252 g/mol. The molecule has 0 aromatic carbocycles. The monoisotopic (exact) mass is 280 g/mol. The third-order valence-corrected chi connectivity index (χ3v) is 5.65. The van der Waals surface area contributed by atoms with Crippen molar-refractivity contribution in [2.75, 3.05) is 46.4 Å². The Labute approximate surface area is 122 Å². The summed E-state index contributed by atoms with van der Waals surface area (Å²) in [6, 6.07) is 0. The molecule has 4 heteroatoms. The molecule has 3 aliphatic rings. The van der Waals surface area contributed by atoms with Crippen LogP contribution in [-0.2, 0) is 9.53 Å². The molecule has 0 aromatic rings. The second-order valence-electron chi connectivity index (χ2n) is 7.00. The van der Waals surface area contributed by atoms with Gasteiger partial charge in [-0.15, -0.1) is 0 Å². The zero-order valence-electron chi connectivity index (χ0n) is 12.8. The van der Waals surface area contributed by atoms with Crippen molar-refractivity contribution in [3.63, 3.8) is 0 Å². The van der Waals surface area contributed by atoms with Gasteiger partial charge in [0.05, 0.1) is 12.5 Å². The van der Waals surface area contributed by atoms with E-state index < -0.39 is 0 Å². The van der Waals surface area contributed by atoms with Crippen molar-refractivity contribution in [1.29, 1.82) is 0 Å². The van der Waals surface area contributed by atoms with Crippen LogP contribution in [0.3, 0.4) is 0 Å². The zero-order chi connectivity index (χ0) is 14.0. The lowest BCUT2D eigenvalue weighted by atomic mass is 9.86. The summed E-state index contributed by atoms with van der Waals surface area (Å²) in [5, 5.41) is 0. The summed E-state index contributed by atoms with van der Waals surface area (Å²) in [5.41, 5.74) is 0.504. The van der Waals surface area contributed by atoms with E-state index in [2.05, 4.69) is 9.80 Å². The number of likely N-dealkylation sites (tertiary alicyclic amines) is 2. The zero-order valence-corrected chi connectivity index (χ0v) is 12.8. The van der Waals surface area contributed by atoms with Crippen molar-refractivity contribution in [2.45, 2.75) is 38.5 Å². The molecule has 3 rings (SSSR count). The van der Waals surface area contributed by atoms with Gasteiger partial charge in [0, 0.05) is 33.3 Å². The minimum absolute atomic E-state index is 0.239. The third-order valence-electron chi connectivity index (χ3n) is 5.65. The number of rotatable bonds is 4. The standard InChI is InChI=1S/C16H28N2O2/c1-20-11-10-17-8-4-14(12-17)15(19)18-9-7-16(13-18)5-2-3-6-16/h14H,2-13H2,1H3. The molecule has 1 unspecified atom stereocenters. The van der Waals surface area contributed by atoms with Gasteiger partial charge in [-0.1, -0.05) is 12.8 Å². The Hall–Kier alpha value is -0.610. The number of methoxy groups -OCH3 is 1. The lowest BCUT2D eigenvalue weighted by Crippen LogP contribution is -2.37. The molecule has 20 heavy (non-hydrogen) atoms. The molecule has 0 radical (unpaired) electrons. The molecule has 2 saturated heterocycles. The summed E-state index contributed by atoms with van der Waals surface area (Å²) >= 11 is 0. The Bertz CT molecular complexity index is 352. The number of hydrogen-bond donors (Lipinski definition) is 0. The maximum absolute atomic E-state index is 12.7. The molecule has 3 fully saturated rings. The summed E-state index contributed by atoms with van der Waals surface area (Å²) in [5.74, 6) is 0.664. The molecule has 0 N–H and O–H groups in total. The SMILES string of the molecule is COCCN1CCC(C(=O)N2CCC3(CCCC3)C2)C1. The van der Waals surface area contributed by atoms with E-state index in [1.54, 1.807) is 7.11 Å². The maximum Gasteiger partial charge on any atom is 0.227 e. The van der Waals surface area contributed by atoms with E-state index in [0.29, 0.717) is 11.3 Å². The second-order valence-corrected chi connectivity index (χ2v) is 7.00. The molecule has 1 atom stereocenters. The molecule has 1 saturated carbocycles. The molecule has 114 valence electrons. The van der Waals surface area contributed by atoms with Crippen LogP contribution in [0.1, 0.15) is 38.5 Å². The number of carbonyl (C=O) groups is 1. The smallest absolute Gasteiger partial charge is 0.227 e. The van der Waals surface area contributed by atoms with Crippen LogP contribution >= 0.6 is 0 Å². The fourth-order valence-corrected chi connectivity index (χ4v) is 4.37. The largest absolute Gasteiger partial charge is 0.383 e. The van der Waals surface area contributed by atoms with Crippen LogP contribution in [0.15, 0.2) is 0 Å². The summed E-state index contributed by atoms with van der Waals surface area (Å²) in [4.78, 5) is 17.2. The molecule has 0 aromatic heterocycles. The molecule has 1 aliphatic carbocycles. The maximum atomic E-state index is 12.7. The van der Waals surface area contributed by atoms with Crippen molar-refractivity contribution >= 4 is 5.91 Å². The van der Waals surface area contributed by atoms with E-state index in [-0.39, 0.29) is 5.92 Å². The van der Waals surface area contributed by atoms with Gasteiger partial charge in [-0.3, -0.25) is 4.79 Å². The fourth-order valence-electron chi connectivity index (χ4n) is 4.37. The van der Waals surface area contributed by atoms with Gasteiger partial charge in [-0.25, -0.2) is 0 Å². The Balaban J connectivity index is 1.50. The number of amides is 1. The predicted molar refractivity (Wildman–Crippen MR) is 78.5 cm³/mol. The van der Waals surface area contributed by atoms with Gasteiger partial charge >= 0.3 is 0 Å². The highest BCUT2D eigenvalue weighted by Crippen LogP contribution is 2.45. The first-order chi connectivity index (χ1) is 9.72. The predicted octanol–water partition coefficient (Wildman–Crippen LogP) is 1.75. The van der Waals surface area contributed by atoms with Gasteiger partial charge < -0.3 is 14.5 Å². The highest BCUT2D eigenvalue weighted by atomic mass is 16.5. The van der Waals surface area contributed by atoms with Crippen LogP contribution in [0.2, 0.25) is 0 Å².